The smallest absolute Gasteiger partial charge is 0.252 e. The molecule has 3 rings (SSSR count). The van der Waals surface area contributed by atoms with Gasteiger partial charge >= 0.3 is 0 Å². The van der Waals surface area contributed by atoms with Crippen LogP contribution in [0, 0.1) is 11.8 Å². The van der Waals surface area contributed by atoms with E-state index in [2.05, 4.69) is 29.3 Å². The molecule has 1 saturated carbocycles. The first kappa shape index (κ1) is 13.9. The van der Waals surface area contributed by atoms with E-state index in [1.165, 1.54) is 16.9 Å². The molecule has 3 nitrogen and oxygen atoms in total. The van der Waals surface area contributed by atoms with Crippen molar-refractivity contribution >= 4 is 17.2 Å². The molecule has 1 aliphatic rings. The number of aliphatic hydroxyl groups excluding tert-OH is 1. The van der Waals surface area contributed by atoms with Crippen LogP contribution in [-0.4, -0.2) is 23.7 Å². The normalized spacial score (nSPS) is 19.5. The standard InChI is InChI=1S/C17H15NO2S/c19-8-4-7-14-9-13(11-21-14)17(20)18-16-10-15(16)12-5-2-1-3-6-12/h1-3,5-6,9,11,15-16,19H,8,10H2,(H,18,20). The van der Waals surface area contributed by atoms with E-state index >= 15 is 0 Å². The average Bonchev–Trinajstić information content (AvgIpc) is 3.11. The molecular formula is C17H15NO2S. The van der Waals surface area contributed by atoms with Crippen LogP contribution in [0.25, 0.3) is 0 Å². The highest BCUT2D eigenvalue weighted by Crippen LogP contribution is 2.40. The largest absolute Gasteiger partial charge is 0.384 e. The van der Waals surface area contributed by atoms with Gasteiger partial charge in [-0.2, -0.15) is 0 Å². The van der Waals surface area contributed by atoms with E-state index in [0.29, 0.717) is 11.5 Å². The zero-order valence-corrected chi connectivity index (χ0v) is 12.2. The zero-order valence-electron chi connectivity index (χ0n) is 11.4. The minimum Gasteiger partial charge on any atom is -0.384 e. The molecule has 1 fully saturated rings. The van der Waals surface area contributed by atoms with Crippen LogP contribution >= 0.6 is 11.3 Å². The van der Waals surface area contributed by atoms with Crippen molar-refractivity contribution in [3.05, 3.63) is 57.8 Å². The van der Waals surface area contributed by atoms with Gasteiger partial charge in [0.2, 0.25) is 0 Å². The summed E-state index contributed by atoms with van der Waals surface area (Å²) in [6.45, 7) is -0.166. The predicted octanol–water partition coefficient (Wildman–Crippen LogP) is 2.38. The van der Waals surface area contributed by atoms with Crippen molar-refractivity contribution in [3.63, 3.8) is 0 Å². The minimum absolute atomic E-state index is 0.0493. The fourth-order valence-corrected chi connectivity index (χ4v) is 3.08. The maximum atomic E-state index is 12.2. The van der Waals surface area contributed by atoms with E-state index < -0.39 is 0 Å². The Morgan fingerprint density at radius 3 is 2.95 bits per heavy atom. The van der Waals surface area contributed by atoms with Gasteiger partial charge in [0.05, 0.1) is 10.4 Å². The minimum atomic E-state index is -0.166. The molecule has 1 heterocycles. The molecule has 1 aromatic carbocycles. The summed E-state index contributed by atoms with van der Waals surface area (Å²) in [6, 6.07) is 12.2. The molecule has 1 amide bonds. The van der Waals surface area contributed by atoms with Crippen LogP contribution in [0.2, 0.25) is 0 Å². The van der Waals surface area contributed by atoms with E-state index in [0.717, 1.165) is 11.3 Å². The summed E-state index contributed by atoms with van der Waals surface area (Å²) in [5, 5.41) is 13.5. The second-order valence-corrected chi connectivity index (χ2v) is 5.90. The Morgan fingerprint density at radius 1 is 1.38 bits per heavy atom. The lowest BCUT2D eigenvalue weighted by atomic mass is 10.1. The second-order valence-electron chi connectivity index (χ2n) is 4.99. The number of carbonyl (C=O) groups is 1. The lowest BCUT2D eigenvalue weighted by Crippen LogP contribution is -2.26. The van der Waals surface area contributed by atoms with Gasteiger partial charge in [0.1, 0.15) is 6.61 Å². The Bertz CT molecular complexity index is 696. The Labute approximate surface area is 127 Å². The van der Waals surface area contributed by atoms with Gasteiger partial charge in [-0.05, 0) is 18.1 Å². The van der Waals surface area contributed by atoms with Crippen molar-refractivity contribution in [1.82, 2.24) is 5.32 Å². The topological polar surface area (TPSA) is 49.3 Å². The third-order valence-corrected chi connectivity index (χ3v) is 4.33. The van der Waals surface area contributed by atoms with Gasteiger partial charge in [-0.15, -0.1) is 11.3 Å². The number of aliphatic hydroxyl groups is 1. The second kappa shape index (κ2) is 6.13. The third kappa shape index (κ3) is 3.33. The SMILES string of the molecule is O=C(NC1CC1c1ccccc1)c1csc(C#CCO)c1. The maximum Gasteiger partial charge on any atom is 0.252 e. The predicted molar refractivity (Wildman–Crippen MR) is 83.3 cm³/mol. The van der Waals surface area contributed by atoms with Gasteiger partial charge in [0.15, 0.2) is 0 Å². The maximum absolute atomic E-state index is 12.2. The Kier molecular flexibility index (Phi) is 4.05. The molecule has 1 aliphatic carbocycles. The van der Waals surface area contributed by atoms with Gasteiger partial charge in [0, 0.05) is 17.3 Å². The lowest BCUT2D eigenvalue weighted by molar-refractivity contribution is 0.0950. The van der Waals surface area contributed by atoms with Crippen molar-refractivity contribution < 1.29 is 9.90 Å². The highest BCUT2D eigenvalue weighted by Gasteiger charge is 2.39. The number of benzene rings is 1. The Balaban J connectivity index is 1.59. The Hall–Kier alpha value is -2.09. The highest BCUT2D eigenvalue weighted by atomic mass is 32.1. The molecule has 21 heavy (non-hydrogen) atoms. The first-order chi connectivity index (χ1) is 10.3. The van der Waals surface area contributed by atoms with E-state index in [-0.39, 0.29) is 18.6 Å². The first-order valence-electron chi connectivity index (χ1n) is 6.82. The molecule has 0 radical (unpaired) electrons. The van der Waals surface area contributed by atoms with E-state index in [4.69, 9.17) is 5.11 Å². The summed E-state index contributed by atoms with van der Waals surface area (Å²) >= 11 is 1.42. The van der Waals surface area contributed by atoms with Crippen LogP contribution in [-0.2, 0) is 0 Å². The van der Waals surface area contributed by atoms with Crippen LogP contribution in [0.4, 0.5) is 0 Å². The van der Waals surface area contributed by atoms with Crippen molar-refractivity contribution in [2.45, 2.75) is 18.4 Å². The number of rotatable bonds is 3. The summed E-state index contributed by atoms with van der Waals surface area (Å²) in [7, 11) is 0. The van der Waals surface area contributed by atoms with Gasteiger partial charge < -0.3 is 10.4 Å². The third-order valence-electron chi connectivity index (χ3n) is 3.49. The summed E-state index contributed by atoms with van der Waals surface area (Å²) < 4.78 is 0. The van der Waals surface area contributed by atoms with E-state index in [1.54, 1.807) is 11.4 Å². The Morgan fingerprint density at radius 2 is 2.19 bits per heavy atom. The van der Waals surface area contributed by atoms with Crippen LogP contribution < -0.4 is 5.32 Å². The zero-order chi connectivity index (χ0) is 14.7. The van der Waals surface area contributed by atoms with Gasteiger partial charge in [-0.3, -0.25) is 4.79 Å². The van der Waals surface area contributed by atoms with Crippen molar-refractivity contribution in [3.8, 4) is 11.8 Å². The molecule has 2 aromatic rings. The molecule has 1 aromatic heterocycles. The molecule has 2 atom stereocenters. The van der Waals surface area contributed by atoms with Crippen molar-refractivity contribution in [1.29, 1.82) is 0 Å². The molecule has 2 N–H and O–H groups in total. The molecule has 106 valence electrons. The summed E-state index contributed by atoms with van der Waals surface area (Å²) in [4.78, 5) is 13.0. The monoisotopic (exact) mass is 297 g/mol. The fraction of sp³-hybridized carbons (Fsp3) is 0.235. The number of hydrogen-bond donors (Lipinski definition) is 2. The molecule has 2 unspecified atom stereocenters. The number of hydrogen-bond acceptors (Lipinski definition) is 3. The number of nitrogens with one attached hydrogen (secondary N) is 1. The van der Waals surface area contributed by atoms with Gasteiger partial charge in [-0.25, -0.2) is 0 Å². The van der Waals surface area contributed by atoms with E-state index in [1.807, 2.05) is 18.2 Å². The highest BCUT2D eigenvalue weighted by molar-refractivity contribution is 7.10. The van der Waals surface area contributed by atoms with Gasteiger partial charge in [-0.1, -0.05) is 42.2 Å². The number of thiophene rings is 1. The fourth-order valence-electron chi connectivity index (χ4n) is 2.32. The summed E-state index contributed by atoms with van der Waals surface area (Å²) in [6.07, 6.45) is 0.997. The molecular weight excluding hydrogens is 282 g/mol. The first-order valence-corrected chi connectivity index (χ1v) is 7.70. The molecule has 0 spiro atoms. The van der Waals surface area contributed by atoms with Crippen LogP contribution in [0.5, 0.6) is 0 Å². The lowest BCUT2D eigenvalue weighted by Gasteiger charge is -2.03. The molecule has 4 heteroatoms. The van der Waals surface area contributed by atoms with Crippen LogP contribution in [0.3, 0.4) is 0 Å². The summed E-state index contributed by atoms with van der Waals surface area (Å²) in [5.41, 5.74) is 1.92. The average molecular weight is 297 g/mol. The van der Waals surface area contributed by atoms with Crippen molar-refractivity contribution in [2.75, 3.05) is 6.61 Å². The molecule has 0 bridgehead atoms. The van der Waals surface area contributed by atoms with Crippen LogP contribution in [0.1, 0.15) is 33.1 Å². The van der Waals surface area contributed by atoms with Gasteiger partial charge in [0.25, 0.3) is 5.91 Å². The number of carbonyl (C=O) groups excluding carboxylic acids is 1. The van der Waals surface area contributed by atoms with Crippen molar-refractivity contribution in [2.24, 2.45) is 0 Å². The van der Waals surface area contributed by atoms with E-state index in [9.17, 15) is 4.79 Å². The van der Waals surface area contributed by atoms with Crippen LogP contribution in [0.15, 0.2) is 41.8 Å². The quantitative estimate of drug-likeness (QED) is 0.855. The molecule has 0 saturated heterocycles. The summed E-state index contributed by atoms with van der Waals surface area (Å²) in [5.74, 6) is 5.78. The molecule has 0 aliphatic heterocycles. The number of amides is 1.